The molecule has 0 fully saturated rings. The van der Waals surface area contributed by atoms with E-state index in [2.05, 4.69) is 4.98 Å². The van der Waals surface area contributed by atoms with Gasteiger partial charge in [-0.05, 0) is 19.1 Å². The first kappa shape index (κ1) is 15.2. The van der Waals surface area contributed by atoms with Crippen LogP contribution in [0, 0.1) is 6.92 Å². The van der Waals surface area contributed by atoms with E-state index < -0.39 is 5.97 Å². The number of hydrogen-bond acceptors (Lipinski definition) is 5. The van der Waals surface area contributed by atoms with Crippen molar-refractivity contribution < 1.29 is 19.4 Å². The van der Waals surface area contributed by atoms with Crippen molar-refractivity contribution in [1.82, 2.24) is 9.55 Å². The number of carbonyl (C=O) groups is 1. The number of aryl methyl sites for hydroxylation is 1. The second-order valence-electron chi connectivity index (χ2n) is 4.26. The Morgan fingerprint density at radius 1 is 1.38 bits per heavy atom. The molecular formula is C14H16N2O4S. The second-order valence-corrected chi connectivity index (χ2v) is 5.20. The highest BCUT2D eigenvalue weighted by molar-refractivity contribution is 7.99. The zero-order chi connectivity index (χ0) is 15.4. The van der Waals surface area contributed by atoms with Crippen molar-refractivity contribution in [2.24, 2.45) is 0 Å². The predicted octanol–water partition coefficient (Wildman–Crippen LogP) is 2.37. The molecule has 0 aliphatic heterocycles. The molecule has 0 aliphatic rings. The molecule has 7 heteroatoms. The van der Waals surface area contributed by atoms with E-state index in [-0.39, 0.29) is 5.75 Å². The van der Waals surface area contributed by atoms with E-state index in [1.54, 1.807) is 26.4 Å². The zero-order valence-corrected chi connectivity index (χ0v) is 12.8. The van der Waals surface area contributed by atoms with E-state index in [1.165, 1.54) is 0 Å². The first-order valence-electron chi connectivity index (χ1n) is 6.18. The molecule has 112 valence electrons. The maximum absolute atomic E-state index is 10.7. The minimum Gasteiger partial charge on any atom is -0.497 e. The van der Waals surface area contributed by atoms with E-state index >= 15 is 0 Å². The van der Waals surface area contributed by atoms with Crippen molar-refractivity contribution in [1.29, 1.82) is 0 Å². The average molecular weight is 308 g/mol. The summed E-state index contributed by atoms with van der Waals surface area (Å²) >= 11 is 1.16. The molecular weight excluding hydrogens is 292 g/mol. The first-order valence-corrected chi connectivity index (χ1v) is 7.16. The van der Waals surface area contributed by atoms with Gasteiger partial charge in [0.2, 0.25) is 0 Å². The second kappa shape index (κ2) is 6.53. The molecule has 1 aromatic heterocycles. The van der Waals surface area contributed by atoms with Gasteiger partial charge in [-0.1, -0.05) is 11.8 Å². The zero-order valence-electron chi connectivity index (χ0n) is 12.0. The minimum atomic E-state index is -0.884. The Hall–Kier alpha value is -2.15. The molecule has 0 amide bonds. The summed E-state index contributed by atoms with van der Waals surface area (Å²) in [5, 5.41) is 9.42. The van der Waals surface area contributed by atoms with Crippen molar-refractivity contribution in [2.45, 2.75) is 12.1 Å². The minimum absolute atomic E-state index is 0.0528. The van der Waals surface area contributed by atoms with E-state index in [0.717, 1.165) is 23.1 Å². The Balaban J connectivity index is 2.47. The lowest BCUT2D eigenvalue weighted by atomic mass is 10.2. The maximum Gasteiger partial charge on any atom is 0.313 e. The average Bonchev–Trinajstić information content (AvgIpc) is 2.85. The lowest BCUT2D eigenvalue weighted by molar-refractivity contribution is -0.133. The number of aliphatic carboxylic acids is 1. The van der Waals surface area contributed by atoms with Gasteiger partial charge in [0.1, 0.15) is 11.5 Å². The number of methoxy groups -OCH3 is 2. The summed E-state index contributed by atoms with van der Waals surface area (Å²) in [6.07, 6.45) is 1.83. The van der Waals surface area contributed by atoms with Crippen LogP contribution < -0.4 is 9.47 Å². The molecule has 1 heterocycles. The summed E-state index contributed by atoms with van der Waals surface area (Å²) in [5.41, 5.74) is 1.55. The fourth-order valence-corrected chi connectivity index (χ4v) is 2.61. The number of hydrogen-bond donors (Lipinski definition) is 1. The van der Waals surface area contributed by atoms with Crippen LogP contribution in [0.5, 0.6) is 11.5 Å². The third kappa shape index (κ3) is 3.49. The fourth-order valence-electron chi connectivity index (χ4n) is 1.86. The van der Waals surface area contributed by atoms with Crippen molar-refractivity contribution in [3.63, 3.8) is 0 Å². The molecule has 0 unspecified atom stereocenters. The number of thioether (sulfide) groups is 1. The van der Waals surface area contributed by atoms with Gasteiger partial charge in [0.25, 0.3) is 0 Å². The molecule has 21 heavy (non-hydrogen) atoms. The van der Waals surface area contributed by atoms with Gasteiger partial charge < -0.3 is 14.6 Å². The fraction of sp³-hybridized carbons (Fsp3) is 0.286. The quantitative estimate of drug-likeness (QED) is 0.826. The summed E-state index contributed by atoms with van der Waals surface area (Å²) in [6, 6.07) is 5.43. The molecule has 0 bridgehead atoms. The van der Waals surface area contributed by atoms with Gasteiger partial charge in [-0.15, -0.1) is 0 Å². The van der Waals surface area contributed by atoms with Crippen LogP contribution in [0.25, 0.3) is 5.69 Å². The van der Waals surface area contributed by atoms with Gasteiger partial charge >= 0.3 is 5.97 Å². The Kier molecular flexibility index (Phi) is 4.74. The van der Waals surface area contributed by atoms with Gasteiger partial charge in [0, 0.05) is 12.3 Å². The molecule has 2 aromatic rings. The molecule has 0 aliphatic carbocycles. The molecule has 0 radical (unpaired) electrons. The van der Waals surface area contributed by atoms with E-state index in [1.807, 2.05) is 23.8 Å². The van der Waals surface area contributed by atoms with Gasteiger partial charge in [0.05, 0.1) is 31.4 Å². The van der Waals surface area contributed by atoms with Gasteiger partial charge in [-0.2, -0.15) is 0 Å². The van der Waals surface area contributed by atoms with E-state index in [0.29, 0.717) is 16.7 Å². The maximum atomic E-state index is 10.7. The Labute approximate surface area is 126 Å². The Morgan fingerprint density at radius 3 is 2.76 bits per heavy atom. The third-order valence-electron chi connectivity index (χ3n) is 2.76. The van der Waals surface area contributed by atoms with Crippen molar-refractivity contribution in [2.75, 3.05) is 20.0 Å². The predicted molar refractivity (Wildman–Crippen MR) is 79.8 cm³/mol. The number of ether oxygens (including phenoxy) is 2. The molecule has 6 nitrogen and oxygen atoms in total. The topological polar surface area (TPSA) is 73.6 Å². The van der Waals surface area contributed by atoms with Crippen LogP contribution in [0.15, 0.2) is 29.6 Å². The first-order chi connectivity index (χ1) is 10.0. The van der Waals surface area contributed by atoms with Crippen LogP contribution in [0.2, 0.25) is 0 Å². The van der Waals surface area contributed by atoms with Crippen LogP contribution in [0.3, 0.4) is 0 Å². The standard InChI is InChI=1S/C14H16N2O4S/c1-9-7-16(14(15-9)21-8-13(17)18)11-6-10(19-2)4-5-12(11)20-3/h4-7H,8H2,1-3H3,(H,17,18). The normalized spacial score (nSPS) is 10.4. The third-order valence-corrected chi connectivity index (χ3v) is 3.70. The van der Waals surface area contributed by atoms with Crippen LogP contribution in [-0.4, -0.2) is 40.6 Å². The Morgan fingerprint density at radius 2 is 2.14 bits per heavy atom. The summed E-state index contributed by atoms with van der Waals surface area (Å²) in [7, 11) is 3.17. The van der Waals surface area contributed by atoms with Crippen molar-refractivity contribution >= 4 is 17.7 Å². The molecule has 1 aromatic carbocycles. The molecule has 0 spiro atoms. The number of carboxylic acids is 1. The largest absolute Gasteiger partial charge is 0.497 e. The van der Waals surface area contributed by atoms with Crippen LogP contribution in [0.1, 0.15) is 5.69 Å². The van der Waals surface area contributed by atoms with Crippen LogP contribution in [-0.2, 0) is 4.79 Å². The lowest BCUT2D eigenvalue weighted by Crippen LogP contribution is -2.03. The van der Waals surface area contributed by atoms with Crippen molar-refractivity contribution in [3.8, 4) is 17.2 Å². The van der Waals surface area contributed by atoms with Crippen molar-refractivity contribution in [3.05, 3.63) is 30.1 Å². The van der Waals surface area contributed by atoms with Gasteiger partial charge in [0.15, 0.2) is 5.16 Å². The highest BCUT2D eigenvalue weighted by Gasteiger charge is 2.14. The summed E-state index contributed by atoms with van der Waals surface area (Å²) in [5.74, 6) is 0.407. The Bertz CT molecular complexity index is 654. The molecule has 1 N–H and O–H groups in total. The highest BCUT2D eigenvalue weighted by Crippen LogP contribution is 2.31. The van der Waals surface area contributed by atoms with Crippen LogP contribution >= 0.6 is 11.8 Å². The molecule has 0 saturated heterocycles. The van der Waals surface area contributed by atoms with E-state index in [4.69, 9.17) is 14.6 Å². The number of imidazole rings is 1. The smallest absolute Gasteiger partial charge is 0.313 e. The molecule has 2 rings (SSSR count). The SMILES string of the molecule is COc1ccc(OC)c(-n2cc(C)nc2SCC(=O)O)c1. The number of aromatic nitrogens is 2. The van der Waals surface area contributed by atoms with Gasteiger partial charge in [-0.25, -0.2) is 4.98 Å². The number of rotatable bonds is 6. The lowest BCUT2D eigenvalue weighted by Gasteiger charge is -2.13. The van der Waals surface area contributed by atoms with Crippen LogP contribution in [0.4, 0.5) is 0 Å². The number of carboxylic acid groups (broad SMARTS) is 1. The monoisotopic (exact) mass is 308 g/mol. The highest BCUT2D eigenvalue weighted by atomic mass is 32.2. The summed E-state index contributed by atoms with van der Waals surface area (Å²) in [4.78, 5) is 15.1. The molecule has 0 atom stereocenters. The number of nitrogens with zero attached hydrogens (tertiary/aromatic N) is 2. The summed E-state index contributed by atoms with van der Waals surface area (Å²) in [6.45, 7) is 1.86. The van der Waals surface area contributed by atoms with Gasteiger partial charge in [-0.3, -0.25) is 9.36 Å². The summed E-state index contributed by atoms with van der Waals surface area (Å²) < 4.78 is 12.4. The van der Waals surface area contributed by atoms with E-state index in [9.17, 15) is 4.79 Å². The molecule has 0 saturated carbocycles. The number of benzene rings is 1.